The van der Waals surface area contributed by atoms with Gasteiger partial charge in [0.25, 0.3) is 0 Å². The Balaban J connectivity index is 4.35. The third-order valence-corrected chi connectivity index (χ3v) is 6.27. The van der Waals surface area contributed by atoms with Crippen LogP contribution in [0.5, 0.6) is 0 Å². The molecule has 0 aromatic heterocycles. The van der Waals surface area contributed by atoms with Crippen LogP contribution < -0.4 is 0 Å². The summed E-state index contributed by atoms with van der Waals surface area (Å²) in [7, 11) is -2.93. The molecule has 0 rings (SSSR count). The highest BCUT2D eigenvalue weighted by Crippen LogP contribution is 2.14. The second-order valence-corrected chi connectivity index (χ2v) is 7.26. The van der Waals surface area contributed by atoms with Gasteiger partial charge >= 0.3 is 0 Å². The molecule has 2 atom stereocenters. The molecule has 0 aliphatic rings. The molecule has 10 heavy (non-hydrogen) atoms. The van der Waals surface area contributed by atoms with Crippen LogP contribution in [0.15, 0.2) is 0 Å². The molecular formula is C5H10Br2O2S. The van der Waals surface area contributed by atoms with E-state index < -0.39 is 9.84 Å². The first-order valence-electron chi connectivity index (χ1n) is 2.83. The zero-order chi connectivity index (χ0) is 8.36. The van der Waals surface area contributed by atoms with E-state index in [1.807, 2.05) is 6.92 Å². The maximum Gasteiger partial charge on any atom is 0.163 e. The minimum atomic E-state index is -2.93. The van der Waals surface area contributed by atoms with Gasteiger partial charge in [-0.2, -0.15) is 0 Å². The number of sulfone groups is 1. The predicted octanol–water partition coefficient (Wildman–Crippen LogP) is 1.93. The lowest BCUT2D eigenvalue weighted by atomic mass is 10.4. The van der Waals surface area contributed by atoms with Gasteiger partial charge in [-0.1, -0.05) is 38.8 Å². The normalized spacial score (nSPS) is 18.4. The monoisotopic (exact) mass is 292 g/mol. The molecule has 62 valence electrons. The molecule has 0 spiro atoms. The van der Waals surface area contributed by atoms with Gasteiger partial charge in [-0.05, 0) is 6.92 Å². The molecular weight excluding hydrogens is 284 g/mol. The Morgan fingerprint density at radius 1 is 1.40 bits per heavy atom. The molecule has 2 unspecified atom stereocenters. The van der Waals surface area contributed by atoms with Crippen LogP contribution in [0.1, 0.15) is 13.8 Å². The van der Waals surface area contributed by atoms with Gasteiger partial charge in [0.05, 0.1) is 5.25 Å². The molecule has 0 N–H and O–H groups in total. The molecule has 0 aliphatic carbocycles. The summed E-state index contributed by atoms with van der Waals surface area (Å²) in [6, 6.07) is 0. The van der Waals surface area contributed by atoms with E-state index in [4.69, 9.17) is 0 Å². The van der Waals surface area contributed by atoms with E-state index in [9.17, 15) is 8.42 Å². The molecule has 0 saturated carbocycles. The molecule has 0 fully saturated rings. The predicted molar refractivity (Wildman–Crippen MR) is 50.6 cm³/mol. The topological polar surface area (TPSA) is 34.1 Å². The molecule has 0 aliphatic heterocycles. The third kappa shape index (κ3) is 2.88. The maximum atomic E-state index is 11.1. The highest BCUT2D eigenvalue weighted by molar-refractivity contribution is 9.11. The van der Waals surface area contributed by atoms with Crippen molar-refractivity contribution >= 4 is 41.7 Å². The van der Waals surface area contributed by atoms with Gasteiger partial charge in [-0.15, -0.1) is 0 Å². The van der Waals surface area contributed by atoms with Crippen LogP contribution in [0.2, 0.25) is 0 Å². The molecule has 0 heterocycles. The van der Waals surface area contributed by atoms with E-state index in [1.54, 1.807) is 6.92 Å². The maximum absolute atomic E-state index is 11.1. The highest BCUT2D eigenvalue weighted by atomic mass is 79.9. The van der Waals surface area contributed by atoms with Crippen LogP contribution in [-0.4, -0.2) is 23.2 Å². The smallest absolute Gasteiger partial charge is 0.163 e. The minimum Gasteiger partial charge on any atom is -0.228 e. The van der Waals surface area contributed by atoms with Crippen LogP contribution in [0, 0.1) is 0 Å². The van der Waals surface area contributed by atoms with Gasteiger partial charge in [0, 0.05) is 4.83 Å². The molecule has 5 heteroatoms. The van der Waals surface area contributed by atoms with Crippen molar-refractivity contribution in [3.05, 3.63) is 0 Å². The molecule has 0 aromatic rings. The van der Waals surface area contributed by atoms with Gasteiger partial charge in [-0.3, -0.25) is 0 Å². The molecule has 0 bridgehead atoms. The van der Waals surface area contributed by atoms with Crippen LogP contribution in [0.4, 0.5) is 0 Å². The average molecular weight is 294 g/mol. The number of rotatable bonds is 3. The lowest BCUT2D eigenvalue weighted by Gasteiger charge is -2.12. The van der Waals surface area contributed by atoms with E-state index in [-0.39, 0.29) is 14.7 Å². The van der Waals surface area contributed by atoms with Gasteiger partial charge in [0.1, 0.15) is 4.66 Å². The summed E-state index contributed by atoms with van der Waals surface area (Å²) < 4.78 is 22.2. The van der Waals surface area contributed by atoms with E-state index in [0.29, 0.717) is 0 Å². The van der Waals surface area contributed by atoms with Crippen molar-refractivity contribution in [1.82, 2.24) is 0 Å². The van der Waals surface area contributed by atoms with Crippen molar-refractivity contribution in [2.24, 2.45) is 0 Å². The molecule has 0 amide bonds. The molecule has 0 radical (unpaired) electrons. The fourth-order valence-electron chi connectivity index (χ4n) is 0.385. The zero-order valence-electron chi connectivity index (χ0n) is 5.84. The van der Waals surface area contributed by atoms with Crippen LogP contribution in [0.25, 0.3) is 0 Å². The van der Waals surface area contributed by atoms with Gasteiger partial charge in [0.15, 0.2) is 9.84 Å². The van der Waals surface area contributed by atoms with Crippen LogP contribution in [0.3, 0.4) is 0 Å². The quantitative estimate of drug-likeness (QED) is 0.745. The van der Waals surface area contributed by atoms with Crippen molar-refractivity contribution < 1.29 is 8.42 Å². The van der Waals surface area contributed by atoms with E-state index in [2.05, 4.69) is 31.9 Å². The summed E-state index contributed by atoms with van der Waals surface area (Å²) in [5, 5.41) is -0.327. The first-order chi connectivity index (χ1) is 4.41. The first kappa shape index (κ1) is 10.9. The average Bonchev–Trinajstić information content (AvgIpc) is 1.86. The Morgan fingerprint density at radius 2 is 1.80 bits per heavy atom. The van der Waals surface area contributed by atoms with Crippen molar-refractivity contribution in [3.63, 3.8) is 0 Å². The highest BCUT2D eigenvalue weighted by Gasteiger charge is 2.23. The van der Waals surface area contributed by atoms with E-state index in [0.717, 1.165) is 0 Å². The zero-order valence-corrected chi connectivity index (χ0v) is 9.83. The van der Waals surface area contributed by atoms with Crippen molar-refractivity contribution in [2.45, 2.75) is 23.9 Å². The second kappa shape index (κ2) is 4.07. The Kier molecular flexibility index (Phi) is 4.44. The second-order valence-electron chi connectivity index (χ2n) is 2.15. The van der Waals surface area contributed by atoms with Crippen LogP contribution >= 0.6 is 31.9 Å². The number of halogens is 2. The standard InChI is InChI=1S/C5H10Br2O2S/c1-4(7)5(2)10(8,9)3-6/h4-5H,3H2,1-2H3. The largest absolute Gasteiger partial charge is 0.228 e. The van der Waals surface area contributed by atoms with Gasteiger partial charge in [0.2, 0.25) is 0 Å². The molecule has 2 nitrogen and oxygen atoms in total. The summed E-state index contributed by atoms with van der Waals surface area (Å²) in [6.45, 7) is 3.51. The third-order valence-electron chi connectivity index (χ3n) is 1.37. The molecule has 0 saturated heterocycles. The van der Waals surface area contributed by atoms with Crippen molar-refractivity contribution in [3.8, 4) is 0 Å². The van der Waals surface area contributed by atoms with Gasteiger partial charge in [-0.25, -0.2) is 8.42 Å². The van der Waals surface area contributed by atoms with Gasteiger partial charge < -0.3 is 0 Å². The summed E-state index contributed by atoms with van der Waals surface area (Å²) in [5.74, 6) is 0. The Morgan fingerprint density at radius 3 is 1.90 bits per heavy atom. The molecule has 0 aromatic carbocycles. The Labute approximate surface area is 78.6 Å². The fourth-order valence-corrected chi connectivity index (χ4v) is 3.39. The fraction of sp³-hybridized carbons (Fsp3) is 1.00. The van der Waals surface area contributed by atoms with Crippen LogP contribution in [-0.2, 0) is 9.84 Å². The lowest BCUT2D eigenvalue weighted by Crippen LogP contribution is -2.25. The van der Waals surface area contributed by atoms with E-state index >= 15 is 0 Å². The number of hydrogen-bond acceptors (Lipinski definition) is 2. The minimum absolute atomic E-state index is 0.00931. The SMILES string of the molecule is CC(Br)C(C)S(=O)(=O)CBr. The summed E-state index contributed by atoms with van der Waals surface area (Å²) in [4.78, 5) is 0.00931. The summed E-state index contributed by atoms with van der Waals surface area (Å²) in [5.41, 5.74) is 0. The summed E-state index contributed by atoms with van der Waals surface area (Å²) >= 11 is 6.15. The number of hydrogen-bond donors (Lipinski definition) is 0. The first-order valence-corrected chi connectivity index (χ1v) is 6.58. The number of alkyl halides is 2. The van der Waals surface area contributed by atoms with Crippen molar-refractivity contribution in [1.29, 1.82) is 0 Å². The lowest BCUT2D eigenvalue weighted by molar-refractivity contribution is 0.588. The summed E-state index contributed by atoms with van der Waals surface area (Å²) in [6.07, 6.45) is 0. The van der Waals surface area contributed by atoms with E-state index in [1.165, 1.54) is 0 Å². The van der Waals surface area contributed by atoms with Crippen molar-refractivity contribution in [2.75, 3.05) is 4.66 Å². The Bertz CT molecular complexity index is 186. The Hall–Kier alpha value is 0.910.